The molecule has 2 rings (SSSR count). The lowest BCUT2D eigenvalue weighted by molar-refractivity contribution is -0.129. The number of nitrogens with one attached hydrogen (secondary N) is 2. The zero-order valence-electron chi connectivity index (χ0n) is 11.8. The number of hydrogen-bond donors (Lipinski definition) is 2. The Morgan fingerprint density at radius 3 is 2.67 bits per heavy atom. The molecule has 1 aliphatic heterocycles. The number of rotatable bonds is 4. The van der Waals surface area contributed by atoms with E-state index < -0.39 is 0 Å². The number of benzene rings is 1. The van der Waals surface area contributed by atoms with Crippen LogP contribution >= 0.6 is 0 Å². The van der Waals surface area contributed by atoms with Gasteiger partial charge in [-0.3, -0.25) is 9.59 Å². The van der Waals surface area contributed by atoms with Gasteiger partial charge in [-0.15, -0.1) is 0 Å². The zero-order chi connectivity index (χ0) is 15.2. The van der Waals surface area contributed by atoms with Gasteiger partial charge in [-0.2, -0.15) is 0 Å². The van der Waals surface area contributed by atoms with E-state index in [1.165, 1.54) is 0 Å². The SMILES string of the molecule is CCOC(=O)c1ccc(NC(=O)C2CCNC(=O)C2)cc1. The normalized spacial score (nSPS) is 17.8. The monoisotopic (exact) mass is 290 g/mol. The molecule has 6 heteroatoms. The van der Waals surface area contributed by atoms with Crippen molar-refractivity contribution in [1.29, 1.82) is 0 Å². The van der Waals surface area contributed by atoms with Crippen LogP contribution in [0.3, 0.4) is 0 Å². The Labute approximate surface area is 122 Å². The average molecular weight is 290 g/mol. The molecule has 21 heavy (non-hydrogen) atoms. The largest absolute Gasteiger partial charge is 0.462 e. The molecular weight excluding hydrogens is 272 g/mol. The minimum absolute atomic E-state index is 0.0981. The first-order valence-electron chi connectivity index (χ1n) is 6.95. The first-order valence-corrected chi connectivity index (χ1v) is 6.95. The second-order valence-electron chi connectivity index (χ2n) is 4.83. The summed E-state index contributed by atoms with van der Waals surface area (Å²) >= 11 is 0. The molecule has 1 unspecified atom stereocenters. The maximum Gasteiger partial charge on any atom is 0.338 e. The molecule has 6 nitrogen and oxygen atoms in total. The van der Waals surface area contributed by atoms with Gasteiger partial charge in [0, 0.05) is 24.6 Å². The van der Waals surface area contributed by atoms with Gasteiger partial charge in [-0.25, -0.2) is 4.79 Å². The highest BCUT2D eigenvalue weighted by Gasteiger charge is 2.25. The molecule has 1 aromatic carbocycles. The lowest BCUT2D eigenvalue weighted by atomic mass is 9.96. The number of hydrogen-bond acceptors (Lipinski definition) is 4. The van der Waals surface area contributed by atoms with Crippen LogP contribution in [-0.4, -0.2) is 30.9 Å². The Balaban J connectivity index is 1.95. The van der Waals surface area contributed by atoms with Crippen molar-refractivity contribution >= 4 is 23.5 Å². The third-order valence-corrected chi connectivity index (χ3v) is 3.28. The van der Waals surface area contributed by atoms with Crippen LogP contribution in [0.25, 0.3) is 0 Å². The Morgan fingerprint density at radius 2 is 2.05 bits per heavy atom. The Bertz CT molecular complexity index is 539. The van der Waals surface area contributed by atoms with Gasteiger partial charge in [0.05, 0.1) is 12.2 Å². The summed E-state index contributed by atoms with van der Waals surface area (Å²) < 4.78 is 4.89. The van der Waals surface area contributed by atoms with E-state index >= 15 is 0 Å². The number of carbonyl (C=O) groups excluding carboxylic acids is 3. The zero-order valence-corrected chi connectivity index (χ0v) is 11.8. The quantitative estimate of drug-likeness (QED) is 0.819. The lowest BCUT2D eigenvalue weighted by Gasteiger charge is -2.21. The molecule has 0 spiro atoms. The number of amides is 2. The van der Waals surface area contributed by atoms with Crippen molar-refractivity contribution in [2.24, 2.45) is 5.92 Å². The topological polar surface area (TPSA) is 84.5 Å². The van der Waals surface area contributed by atoms with Crippen molar-refractivity contribution in [3.05, 3.63) is 29.8 Å². The van der Waals surface area contributed by atoms with Gasteiger partial charge >= 0.3 is 5.97 Å². The molecule has 1 fully saturated rings. The van der Waals surface area contributed by atoms with Crippen LogP contribution in [0.5, 0.6) is 0 Å². The number of esters is 1. The fourth-order valence-electron chi connectivity index (χ4n) is 2.16. The van der Waals surface area contributed by atoms with Crippen LogP contribution in [0.15, 0.2) is 24.3 Å². The summed E-state index contributed by atoms with van der Waals surface area (Å²) in [7, 11) is 0. The third kappa shape index (κ3) is 4.05. The molecular formula is C15H18N2O4. The van der Waals surface area contributed by atoms with Crippen LogP contribution in [0.4, 0.5) is 5.69 Å². The van der Waals surface area contributed by atoms with Crippen molar-refractivity contribution in [2.75, 3.05) is 18.5 Å². The third-order valence-electron chi connectivity index (χ3n) is 3.28. The van der Waals surface area contributed by atoms with Crippen LogP contribution in [-0.2, 0) is 14.3 Å². The molecule has 0 aromatic heterocycles. The molecule has 1 atom stereocenters. The highest BCUT2D eigenvalue weighted by atomic mass is 16.5. The summed E-state index contributed by atoms with van der Waals surface area (Å²) in [4.78, 5) is 34.8. The van der Waals surface area contributed by atoms with Crippen molar-refractivity contribution in [1.82, 2.24) is 5.32 Å². The number of piperidine rings is 1. The minimum Gasteiger partial charge on any atom is -0.462 e. The molecule has 0 aliphatic carbocycles. The summed E-state index contributed by atoms with van der Waals surface area (Å²) in [5, 5.41) is 5.45. The smallest absolute Gasteiger partial charge is 0.338 e. The van der Waals surface area contributed by atoms with Crippen molar-refractivity contribution in [2.45, 2.75) is 19.8 Å². The number of anilines is 1. The molecule has 0 bridgehead atoms. The standard InChI is InChI=1S/C15H18N2O4/c1-2-21-15(20)10-3-5-12(6-4-10)17-14(19)11-7-8-16-13(18)9-11/h3-6,11H,2,7-9H2,1H3,(H,16,18)(H,17,19). The first-order chi connectivity index (χ1) is 10.1. The van der Waals surface area contributed by atoms with Gasteiger partial charge in [0.2, 0.25) is 11.8 Å². The van der Waals surface area contributed by atoms with Gasteiger partial charge in [-0.1, -0.05) is 0 Å². The number of carbonyl (C=O) groups is 3. The summed E-state index contributed by atoms with van der Waals surface area (Å²) in [6.45, 7) is 2.59. The molecule has 0 saturated carbocycles. The second-order valence-corrected chi connectivity index (χ2v) is 4.83. The summed E-state index contributed by atoms with van der Waals surface area (Å²) in [6.07, 6.45) is 0.852. The van der Waals surface area contributed by atoms with Crippen molar-refractivity contribution in [3.63, 3.8) is 0 Å². The van der Waals surface area contributed by atoms with Crippen molar-refractivity contribution < 1.29 is 19.1 Å². The summed E-state index contributed by atoms with van der Waals surface area (Å²) in [5.74, 6) is -0.962. The van der Waals surface area contributed by atoms with Gasteiger partial charge in [-0.05, 0) is 37.6 Å². The highest BCUT2D eigenvalue weighted by Crippen LogP contribution is 2.17. The van der Waals surface area contributed by atoms with E-state index in [1.54, 1.807) is 31.2 Å². The Morgan fingerprint density at radius 1 is 1.33 bits per heavy atom. The van der Waals surface area contributed by atoms with E-state index in [0.29, 0.717) is 30.8 Å². The Hall–Kier alpha value is -2.37. The summed E-state index contributed by atoms with van der Waals surface area (Å²) in [6, 6.07) is 6.49. The molecule has 1 heterocycles. The summed E-state index contributed by atoms with van der Waals surface area (Å²) in [5.41, 5.74) is 1.03. The van der Waals surface area contributed by atoms with Crippen LogP contribution in [0, 0.1) is 5.92 Å². The molecule has 112 valence electrons. The highest BCUT2D eigenvalue weighted by molar-refractivity contribution is 5.96. The van der Waals surface area contributed by atoms with E-state index in [2.05, 4.69) is 10.6 Å². The number of ether oxygens (including phenoxy) is 1. The van der Waals surface area contributed by atoms with Crippen LogP contribution < -0.4 is 10.6 Å². The maximum absolute atomic E-state index is 12.1. The minimum atomic E-state index is -0.390. The van der Waals surface area contributed by atoms with E-state index in [-0.39, 0.29) is 30.1 Å². The molecule has 0 radical (unpaired) electrons. The van der Waals surface area contributed by atoms with E-state index in [4.69, 9.17) is 4.74 Å². The first kappa shape index (κ1) is 15.0. The molecule has 1 saturated heterocycles. The molecule has 1 aromatic rings. The van der Waals surface area contributed by atoms with Gasteiger partial charge in [0.25, 0.3) is 0 Å². The average Bonchev–Trinajstić information content (AvgIpc) is 2.48. The predicted molar refractivity (Wildman–Crippen MR) is 76.8 cm³/mol. The second kappa shape index (κ2) is 6.88. The lowest BCUT2D eigenvalue weighted by Crippen LogP contribution is -2.38. The maximum atomic E-state index is 12.1. The fourth-order valence-corrected chi connectivity index (χ4v) is 2.16. The van der Waals surface area contributed by atoms with E-state index in [9.17, 15) is 14.4 Å². The van der Waals surface area contributed by atoms with Gasteiger partial charge in [0.1, 0.15) is 0 Å². The van der Waals surface area contributed by atoms with Gasteiger partial charge < -0.3 is 15.4 Å². The molecule has 1 aliphatic rings. The van der Waals surface area contributed by atoms with E-state index in [0.717, 1.165) is 0 Å². The van der Waals surface area contributed by atoms with Crippen LogP contribution in [0.1, 0.15) is 30.1 Å². The fraction of sp³-hybridized carbons (Fsp3) is 0.400. The predicted octanol–water partition coefficient (Wildman–Crippen LogP) is 1.33. The Kier molecular flexibility index (Phi) is 4.92. The molecule has 2 amide bonds. The van der Waals surface area contributed by atoms with E-state index in [1.807, 2.05) is 0 Å². The molecule has 2 N–H and O–H groups in total. The van der Waals surface area contributed by atoms with Crippen LogP contribution in [0.2, 0.25) is 0 Å². The van der Waals surface area contributed by atoms with Crippen molar-refractivity contribution in [3.8, 4) is 0 Å². The van der Waals surface area contributed by atoms with Gasteiger partial charge in [0.15, 0.2) is 0 Å².